The lowest BCUT2D eigenvalue weighted by Gasteiger charge is -2.10. The van der Waals surface area contributed by atoms with E-state index in [4.69, 9.17) is 16.3 Å². The van der Waals surface area contributed by atoms with Crippen LogP contribution in [0.25, 0.3) is 11.0 Å². The van der Waals surface area contributed by atoms with Crippen LogP contribution < -0.4 is 0 Å². The minimum absolute atomic E-state index is 0.0993. The predicted molar refractivity (Wildman–Crippen MR) is 87.4 cm³/mol. The summed E-state index contributed by atoms with van der Waals surface area (Å²) in [6.45, 7) is 6.57. The molecule has 1 unspecified atom stereocenters. The van der Waals surface area contributed by atoms with Gasteiger partial charge in [-0.05, 0) is 38.0 Å². The molecule has 0 N–H and O–H groups in total. The summed E-state index contributed by atoms with van der Waals surface area (Å²) in [4.78, 5) is 4.65. The first-order valence-electron chi connectivity index (χ1n) is 7.01. The Bertz CT molecular complexity index is 568. The van der Waals surface area contributed by atoms with Gasteiger partial charge >= 0.3 is 0 Å². The molecule has 110 valence electrons. The second-order valence-electron chi connectivity index (χ2n) is 4.84. The largest absolute Gasteiger partial charge is 0.381 e. The highest BCUT2D eigenvalue weighted by atomic mass is 79.9. The smallest absolute Gasteiger partial charge is 0.127 e. The number of nitrogens with zero attached hydrogens (tertiary/aromatic N) is 2. The number of ether oxygens (including phenoxy) is 1. The number of imidazole rings is 1. The van der Waals surface area contributed by atoms with E-state index in [0.29, 0.717) is 0 Å². The Balaban J connectivity index is 2.18. The molecule has 1 heterocycles. The molecule has 3 nitrogen and oxygen atoms in total. The van der Waals surface area contributed by atoms with Gasteiger partial charge in [0.2, 0.25) is 0 Å². The van der Waals surface area contributed by atoms with Crippen LogP contribution in [0.2, 0.25) is 0 Å². The second-order valence-corrected chi connectivity index (χ2v) is 6.41. The molecule has 0 spiro atoms. The van der Waals surface area contributed by atoms with Gasteiger partial charge in [0.05, 0.1) is 16.4 Å². The van der Waals surface area contributed by atoms with E-state index in [1.807, 2.05) is 19.1 Å². The van der Waals surface area contributed by atoms with Gasteiger partial charge in [-0.25, -0.2) is 4.98 Å². The van der Waals surface area contributed by atoms with Crippen LogP contribution in [0.15, 0.2) is 22.7 Å². The van der Waals surface area contributed by atoms with E-state index in [1.165, 1.54) is 0 Å². The zero-order valence-corrected chi connectivity index (χ0v) is 14.2. The SMILES string of the molecule is CCCOCCCn1c(C(C)Cl)nc2cc(Br)ccc21. The minimum atomic E-state index is -0.0993. The molecule has 0 aliphatic carbocycles. The van der Waals surface area contributed by atoms with Crippen LogP contribution in [0.5, 0.6) is 0 Å². The standard InChI is InChI=1S/C15H20BrClN2O/c1-3-8-20-9-4-7-19-14-6-5-12(16)10-13(14)18-15(19)11(2)17/h5-6,10-11H,3-4,7-9H2,1-2H3. The third-order valence-corrected chi connectivity index (χ3v) is 3.80. The van der Waals surface area contributed by atoms with Crippen molar-refractivity contribution in [2.75, 3.05) is 13.2 Å². The van der Waals surface area contributed by atoms with Gasteiger partial charge in [-0.15, -0.1) is 11.6 Å². The van der Waals surface area contributed by atoms with Crippen molar-refractivity contribution >= 4 is 38.6 Å². The Morgan fingerprint density at radius 3 is 2.90 bits per heavy atom. The molecule has 1 aromatic carbocycles. The maximum Gasteiger partial charge on any atom is 0.127 e. The molecule has 2 aromatic rings. The van der Waals surface area contributed by atoms with E-state index >= 15 is 0 Å². The summed E-state index contributed by atoms with van der Waals surface area (Å²) in [5.41, 5.74) is 2.11. The molecule has 0 saturated heterocycles. The topological polar surface area (TPSA) is 27.1 Å². The number of alkyl halides is 1. The fourth-order valence-corrected chi connectivity index (χ4v) is 2.75. The molecule has 0 radical (unpaired) electrons. The molecule has 20 heavy (non-hydrogen) atoms. The van der Waals surface area contributed by atoms with E-state index in [2.05, 4.69) is 38.5 Å². The molecule has 0 amide bonds. The van der Waals surface area contributed by atoms with Crippen LogP contribution in [-0.4, -0.2) is 22.8 Å². The Hall–Kier alpha value is -0.580. The minimum Gasteiger partial charge on any atom is -0.381 e. The van der Waals surface area contributed by atoms with Crippen molar-refractivity contribution in [3.05, 3.63) is 28.5 Å². The number of fused-ring (bicyclic) bond motifs is 1. The lowest BCUT2D eigenvalue weighted by Crippen LogP contribution is -2.07. The van der Waals surface area contributed by atoms with Crippen LogP contribution in [0, 0.1) is 0 Å². The van der Waals surface area contributed by atoms with Crippen molar-refractivity contribution in [3.63, 3.8) is 0 Å². The van der Waals surface area contributed by atoms with Crippen LogP contribution >= 0.6 is 27.5 Å². The van der Waals surface area contributed by atoms with Crippen molar-refractivity contribution < 1.29 is 4.74 Å². The number of halogens is 2. The summed E-state index contributed by atoms with van der Waals surface area (Å²) in [7, 11) is 0. The Kier molecular flexibility index (Phi) is 5.87. The molecule has 1 aromatic heterocycles. The average molecular weight is 360 g/mol. The molecule has 0 saturated carbocycles. The molecule has 0 fully saturated rings. The maximum atomic E-state index is 6.26. The number of benzene rings is 1. The van der Waals surface area contributed by atoms with Gasteiger partial charge in [-0.1, -0.05) is 22.9 Å². The monoisotopic (exact) mass is 358 g/mol. The number of rotatable bonds is 7. The molecular formula is C15H20BrClN2O. The first kappa shape index (κ1) is 15.8. The predicted octanol–water partition coefficient (Wildman–Crippen LogP) is 4.92. The average Bonchev–Trinajstić information content (AvgIpc) is 2.76. The highest BCUT2D eigenvalue weighted by molar-refractivity contribution is 9.10. The normalized spacial score (nSPS) is 13.0. The van der Waals surface area contributed by atoms with Crippen LogP contribution in [-0.2, 0) is 11.3 Å². The summed E-state index contributed by atoms with van der Waals surface area (Å²) in [6.07, 6.45) is 2.03. The molecule has 0 aliphatic heterocycles. The number of aryl methyl sites for hydroxylation is 1. The Morgan fingerprint density at radius 1 is 1.40 bits per heavy atom. The van der Waals surface area contributed by atoms with Crippen LogP contribution in [0.1, 0.15) is 37.9 Å². The summed E-state index contributed by atoms with van der Waals surface area (Å²) >= 11 is 9.74. The number of hydrogen-bond donors (Lipinski definition) is 0. The molecular weight excluding hydrogens is 340 g/mol. The third kappa shape index (κ3) is 3.74. The fourth-order valence-electron chi connectivity index (χ4n) is 2.23. The van der Waals surface area contributed by atoms with Crippen LogP contribution in [0.3, 0.4) is 0 Å². The fraction of sp³-hybridized carbons (Fsp3) is 0.533. The Morgan fingerprint density at radius 2 is 2.20 bits per heavy atom. The van der Waals surface area contributed by atoms with Crippen molar-refractivity contribution in [1.82, 2.24) is 9.55 Å². The highest BCUT2D eigenvalue weighted by Gasteiger charge is 2.14. The molecule has 0 aliphatic rings. The van der Waals surface area contributed by atoms with Gasteiger partial charge in [-0.2, -0.15) is 0 Å². The zero-order valence-electron chi connectivity index (χ0n) is 11.9. The second kappa shape index (κ2) is 7.43. The Labute approximate surface area is 133 Å². The van der Waals surface area contributed by atoms with Crippen molar-refractivity contribution in [2.24, 2.45) is 0 Å². The quantitative estimate of drug-likeness (QED) is 0.518. The van der Waals surface area contributed by atoms with Gasteiger partial charge in [-0.3, -0.25) is 0 Å². The van der Waals surface area contributed by atoms with Gasteiger partial charge < -0.3 is 9.30 Å². The summed E-state index contributed by atoms with van der Waals surface area (Å²) < 4.78 is 8.78. The van der Waals surface area contributed by atoms with Crippen molar-refractivity contribution in [1.29, 1.82) is 0 Å². The highest BCUT2D eigenvalue weighted by Crippen LogP contribution is 2.26. The van der Waals surface area contributed by atoms with E-state index in [0.717, 1.165) is 53.9 Å². The van der Waals surface area contributed by atoms with E-state index in [9.17, 15) is 0 Å². The summed E-state index contributed by atoms with van der Waals surface area (Å²) in [5.74, 6) is 0.926. The van der Waals surface area contributed by atoms with Crippen molar-refractivity contribution in [2.45, 2.75) is 38.6 Å². The maximum absolute atomic E-state index is 6.26. The lowest BCUT2D eigenvalue weighted by atomic mass is 10.3. The zero-order chi connectivity index (χ0) is 14.5. The van der Waals surface area contributed by atoms with Gasteiger partial charge in [0.25, 0.3) is 0 Å². The van der Waals surface area contributed by atoms with Gasteiger partial charge in [0, 0.05) is 24.2 Å². The van der Waals surface area contributed by atoms with E-state index in [1.54, 1.807) is 0 Å². The summed E-state index contributed by atoms with van der Waals surface area (Å²) in [6, 6.07) is 6.15. The van der Waals surface area contributed by atoms with Gasteiger partial charge in [0.15, 0.2) is 0 Å². The third-order valence-electron chi connectivity index (χ3n) is 3.11. The van der Waals surface area contributed by atoms with Gasteiger partial charge in [0.1, 0.15) is 5.82 Å². The van der Waals surface area contributed by atoms with Crippen LogP contribution in [0.4, 0.5) is 0 Å². The molecule has 2 rings (SSSR count). The first-order chi connectivity index (χ1) is 9.63. The lowest BCUT2D eigenvalue weighted by molar-refractivity contribution is 0.129. The first-order valence-corrected chi connectivity index (χ1v) is 8.24. The molecule has 0 bridgehead atoms. The molecule has 1 atom stereocenters. The number of hydrogen-bond acceptors (Lipinski definition) is 2. The van der Waals surface area contributed by atoms with E-state index < -0.39 is 0 Å². The number of aromatic nitrogens is 2. The van der Waals surface area contributed by atoms with Crippen molar-refractivity contribution in [3.8, 4) is 0 Å². The molecule has 5 heteroatoms. The van der Waals surface area contributed by atoms with E-state index in [-0.39, 0.29) is 5.38 Å². The summed E-state index contributed by atoms with van der Waals surface area (Å²) in [5, 5.41) is -0.0993.